The van der Waals surface area contributed by atoms with Crippen LogP contribution in [0.25, 0.3) is 0 Å². The maximum atomic E-state index is 6.07. The molecule has 2 saturated heterocycles. The average Bonchev–Trinajstić information content (AvgIpc) is 2.51. The van der Waals surface area contributed by atoms with Gasteiger partial charge in [0.05, 0.1) is 12.2 Å². The Balaban J connectivity index is 1.97. The van der Waals surface area contributed by atoms with Gasteiger partial charge in [-0.1, -0.05) is 24.3 Å². The molecular weight excluding hydrogens is 186 g/mol. The maximum absolute atomic E-state index is 6.07. The first-order valence-electron chi connectivity index (χ1n) is 5.82. The lowest BCUT2D eigenvalue weighted by molar-refractivity contribution is 0.00324. The molecule has 0 aromatic carbocycles. The van der Waals surface area contributed by atoms with Crippen LogP contribution in [0.1, 0.15) is 19.3 Å². The quantitative estimate of drug-likeness (QED) is 0.649. The van der Waals surface area contributed by atoms with Gasteiger partial charge in [-0.25, -0.2) is 0 Å². The van der Waals surface area contributed by atoms with Gasteiger partial charge in [0, 0.05) is 0 Å². The molecule has 0 aromatic heterocycles. The van der Waals surface area contributed by atoms with Gasteiger partial charge < -0.3 is 10.1 Å². The molecule has 3 rings (SSSR count). The summed E-state index contributed by atoms with van der Waals surface area (Å²) in [5, 5.41) is 3.40. The van der Waals surface area contributed by atoms with Crippen molar-refractivity contribution in [2.45, 2.75) is 24.9 Å². The predicted molar refractivity (Wildman–Crippen MR) is 60.7 cm³/mol. The van der Waals surface area contributed by atoms with Crippen LogP contribution >= 0.6 is 0 Å². The second-order valence-electron chi connectivity index (χ2n) is 4.51. The van der Waals surface area contributed by atoms with E-state index in [0.717, 1.165) is 39.0 Å². The summed E-state index contributed by atoms with van der Waals surface area (Å²) in [5.41, 5.74) is 2.89. The van der Waals surface area contributed by atoms with Crippen molar-refractivity contribution in [3.63, 3.8) is 0 Å². The molecule has 0 atom stereocenters. The van der Waals surface area contributed by atoms with Crippen LogP contribution < -0.4 is 5.32 Å². The van der Waals surface area contributed by atoms with E-state index in [9.17, 15) is 0 Å². The van der Waals surface area contributed by atoms with Crippen LogP contribution in [-0.4, -0.2) is 25.3 Å². The van der Waals surface area contributed by atoms with E-state index >= 15 is 0 Å². The summed E-state index contributed by atoms with van der Waals surface area (Å²) in [7, 11) is 0. The molecule has 0 saturated carbocycles. The number of hydrogen-bond acceptors (Lipinski definition) is 2. The van der Waals surface area contributed by atoms with E-state index in [0.29, 0.717) is 0 Å². The molecule has 3 aliphatic rings. The van der Waals surface area contributed by atoms with E-state index in [1.807, 2.05) is 0 Å². The summed E-state index contributed by atoms with van der Waals surface area (Å²) in [5.74, 6) is 0. The van der Waals surface area contributed by atoms with Crippen LogP contribution in [-0.2, 0) is 4.74 Å². The maximum Gasteiger partial charge on any atom is 0.0963 e. The van der Waals surface area contributed by atoms with Gasteiger partial charge >= 0.3 is 0 Å². The van der Waals surface area contributed by atoms with Gasteiger partial charge in [0.1, 0.15) is 0 Å². The van der Waals surface area contributed by atoms with Crippen molar-refractivity contribution >= 4 is 0 Å². The minimum atomic E-state index is 0.0335. The number of fused-ring (bicyclic) bond motifs is 2. The fourth-order valence-corrected chi connectivity index (χ4v) is 2.79. The van der Waals surface area contributed by atoms with Gasteiger partial charge in [-0.2, -0.15) is 0 Å². The Bertz CT molecular complexity index is 346. The lowest BCUT2D eigenvalue weighted by Crippen LogP contribution is -2.42. The predicted octanol–water partition coefficient (Wildman–Crippen LogP) is 1.95. The van der Waals surface area contributed by atoms with E-state index in [2.05, 4.69) is 29.6 Å². The first kappa shape index (κ1) is 9.37. The highest BCUT2D eigenvalue weighted by atomic mass is 16.5. The van der Waals surface area contributed by atoms with Crippen LogP contribution in [0, 0.1) is 0 Å². The van der Waals surface area contributed by atoms with E-state index in [-0.39, 0.29) is 5.60 Å². The minimum absolute atomic E-state index is 0.0335. The molecule has 2 aliphatic heterocycles. The lowest BCUT2D eigenvalue weighted by atomic mass is 9.83. The monoisotopic (exact) mass is 203 g/mol. The van der Waals surface area contributed by atoms with E-state index < -0.39 is 0 Å². The molecule has 2 fully saturated rings. The lowest BCUT2D eigenvalue weighted by Gasteiger charge is -2.34. The van der Waals surface area contributed by atoms with Crippen molar-refractivity contribution in [1.82, 2.24) is 5.32 Å². The SMILES string of the molecule is C1=CCC=C2COC3(CCNCC3)C2=C1. The summed E-state index contributed by atoms with van der Waals surface area (Å²) in [4.78, 5) is 0. The average molecular weight is 203 g/mol. The molecule has 0 radical (unpaired) electrons. The highest BCUT2D eigenvalue weighted by Crippen LogP contribution is 2.42. The molecular formula is C13H17NO. The fourth-order valence-electron chi connectivity index (χ4n) is 2.79. The first-order valence-corrected chi connectivity index (χ1v) is 5.82. The topological polar surface area (TPSA) is 21.3 Å². The molecule has 2 heterocycles. The summed E-state index contributed by atoms with van der Waals surface area (Å²) in [6.07, 6.45) is 12.2. The van der Waals surface area contributed by atoms with Crippen LogP contribution in [0.5, 0.6) is 0 Å². The van der Waals surface area contributed by atoms with E-state index in [1.54, 1.807) is 0 Å². The third kappa shape index (κ3) is 1.48. The van der Waals surface area contributed by atoms with Crippen molar-refractivity contribution in [1.29, 1.82) is 0 Å². The zero-order valence-corrected chi connectivity index (χ0v) is 8.96. The molecule has 0 amide bonds. The number of hydrogen-bond donors (Lipinski definition) is 1. The molecule has 2 nitrogen and oxygen atoms in total. The first-order chi connectivity index (χ1) is 7.41. The number of rotatable bonds is 0. The molecule has 2 heteroatoms. The normalized spacial score (nSPS) is 28.3. The third-order valence-electron chi connectivity index (χ3n) is 3.65. The van der Waals surface area contributed by atoms with Gasteiger partial charge in [-0.3, -0.25) is 0 Å². The molecule has 1 spiro atoms. The largest absolute Gasteiger partial charge is 0.366 e. The van der Waals surface area contributed by atoms with Gasteiger partial charge in [0.2, 0.25) is 0 Å². The number of nitrogens with one attached hydrogen (secondary N) is 1. The molecule has 1 aliphatic carbocycles. The molecule has 0 aromatic rings. The van der Waals surface area contributed by atoms with Gasteiger partial charge in [0.25, 0.3) is 0 Å². The number of piperidine rings is 1. The Labute approximate surface area is 90.7 Å². The smallest absolute Gasteiger partial charge is 0.0963 e. The zero-order valence-electron chi connectivity index (χ0n) is 8.96. The molecule has 1 N–H and O–H groups in total. The Morgan fingerprint density at radius 1 is 1.27 bits per heavy atom. The van der Waals surface area contributed by atoms with Crippen LogP contribution in [0.3, 0.4) is 0 Å². The van der Waals surface area contributed by atoms with Gasteiger partial charge in [-0.15, -0.1) is 0 Å². The Kier molecular flexibility index (Phi) is 2.26. The van der Waals surface area contributed by atoms with Crippen molar-refractivity contribution in [2.24, 2.45) is 0 Å². The zero-order chi connectivity index (χ0) is 10.1. The second kappa shape index (κ2) is 3.62. The van der Waals surface area contributed by atoms with Crippen molar-refractivity contribution in [3.8, 4) is 0 Å². The summed E-state index contributed by atoms with van der Waals surface area (Å²) >= 11 is 0. The summed E-state index contributed by atoms with van der Waals surface area (Å²) < 4.78 is 6.07. The third-order valence-corrected chi connectivity index (χ3v) is 3.65. The van der Waals surface area contributed by atoms with Gasteiger partial charge in [0.15, 0.2) is 0 Å². The minimum Gasteiger partial charge on any atom is -0.366 e. The molecule has 0 bridgehead atoms. The number of ether oxygens (including phenoxy) is 1. The fraction of sp³-hybridized carbons (Fsp3) is 0.538. The van der Waals surface area contributed by atoms with Crippen LogP contribution in [0.15, 0.2) is 35.5 Å². The standard InChI is InChI=1S/C13H17NO/c1-2-4-11-10-15-13(12(11)5-3-1)6-8-14-9-7-13/h1,3-5,14H,2,6-10H2. The van der Waals surface area contributed by atoms with Crippen molar-refractivity contribution in [2.75, 3.05) is 19.7 Å². The van der Waals surface area contributed by atoms with Crippen LogP contribution in [0.4, 0.5) is 0 Å². The highest BCUT2D eigenvalue weighted by Gasteiger charge is 2.42. The number of allylic oxidation sites excluding steroid dienone is 4. The van der Waals surface area contributed by atoms with Gasteiger partial charge in [-0.05, 0) is 43.5 Å². The van der Waals surface area contributed by atoms with Crippen molar-refractivity contribution < 1.29 is 4.74 Å². The Morgan fingerprint density at radius 2 is 2.13 bits per heavy atom. The summed E-state index contributed by atoms with van der Waals surface area (Å²) in [6, 6.07) is 0. The van der Waals surface area contributed by atoms with Crippen LogP contribution in [0.2, 0.25) is 0 Å². The summed E-state index contributed by atoms with van der Waals surface area (Å²) in [6.45, 7) is 2.97. The Morgan fingerprint density at radius 3 is 3.00 bits per heavy atom. The second-order valence-corrected chi connectivity index (χ2v) is 4.51. The Hall–Kier alpha value is -0.860. The molecule has 15 heavy (non-hydrogen) atoms. The molecule has 0 unspecified atom stereocenters. The highest BCUT2D eigenvalue weighted by molar-refractivity contribution is 5.46. The van der Waals surface area contributed by atoms with E-state index in [4.69, 9.17) is 4.74 Å². The van der Waals surface area contributed by atoms with Crippen molar-refractivity contribution in [3.05, 3.63) is 35.5 Å². The molecule has 80 valence electrons. The van der Waals surface area contributed by atoms with E-state index in [1.165, 1.54) is 11.1 Å².